The van der Waals surface area contributed by atoms with Crippen LogP contribution in [0.25, 0.3) is 0 Å². The highest BCUT2D eigenvalue weighted by atomic mass is 31.2. The molecule has 0 aromatic rings. The molecule has 0 aliphatic carbocycles. The number of esters is 2. The van der Waals surface area contributed by atoms with Crippen molar-refractivity contribution in [3.8, 4) is 0 Å². The van der Waals surface area contributed by atoms with E-state index in [4.69, 9.17) is 18.5 Å². The summed E-state index contributed by atoms with van der Waals surface area (Å²) in [4.78, 5) is 34.2. The van der Waals surface area contributed by atoms with Gasteiger partial charge in [-0.05, 0) is 12.8 Å². The molecule has 10 heteroatoms. The van der Waals surface area contributed by atoms with Crippen LogP contribution in [0.15, 0.2) is 0 Å². The van der Waals surface area contributed by atoms with Crippen LogP contribution in [0.5, 0.6) is 0 Å². The zero-order valence-electron chi connectivity index (χ0n) is 27.7. The van der Waals surface area contributed by atoms with Crippen LogP contribution in [0.1, 0.15) is 142 Å². The summed E-state index contributed by atoms with van der Waals surface area (Å²) in [6.45, 7) is 4.04. The summed E-state index contributed by atoms with van der Waals surface area (Å²) in [5.41, 5.74) is 0. The summed E-state index contributed by atoms with van der Waals surface area (Å²) < 4.78 is 33.5. The molecule has 2 atom stereocenters. The van der Waals surface area contributed by atoms with Gasteiger partial charge in [0.25, 0.3) is 0 Å². The van der Waals surface area contributed by atoms with Crippen molar-refractivity contribution in [1.82, 2.24) is 0 Å². The van der Waals surface area contributed by atoms with Crippen molar-refractivity contribution < 1.29 is 42.1 Å². The van der Waals surface area contributed by atoms with Gasteiger partial charge in [0, 0.05) is 12.8 Å². The van der Waals surface area contributed by atoms with E-state index in [1.165, 1.54) is 89.9 Å². The number of carbonyl (C=O) groups is 2. The fourth-order valence-electron chi connectivity index (χ4n) is 4.46. The Balaban J connectivity index is 4.06. The molecule has 0 heterocycles. The number of hydrogen-bond donors (Lipinski definition) is 1. The first-order chi connectivity index (χ1) is 20.0. The predicted octanol–water partition coefficient (Wildman–Crippen LogP) is 8.12. The third-order valence-corrected chi connectivity index (χ3v) is 8.09. The monoisotopic (exact) mass is 622 g/mol. The van der Waals surface area contributed by atoms with E-state index in [0.29, 0.717) is 23.9 Å². The number of likely N-dealkylation sites (N-methyl/N-ethyl adjacent to an activating group) is 1. The summed E-state index contributed by atoms with van der Waals surface area (Å²) in [6, 6.07) is 0. The van der Waals surface area contributed by atoms with Gasteiger partial charge in [-0.25, -0.2) is 4.57 Å². The van der Waals surface area contributed by atoms with Gasteiger partial charge >= 0.3 is 19.8 Å². The molecular weight excluding hydrogens is 557 g/mol. The number of hydrogen-bond acceptors (Lipinski definition) is 7. The second-order valence-electron chi connectivity index (χ2n) is 12.6. The van der Waals surface area contributed by atoms with E-state index < -0.39 is 32.5 Å². The van der Waals surface area contributed by atoms with E-state index in [9.17, 15) is 19.0 Å². The van der Waals surface area contributed by atoms with E-state index in [-0.39, 0.29) is 26.1 Å². The summed E-state index contributed by atoms with van der Waals surface area (Å²) >= 11 is 0. The van der Waals surface area contributed by atoms with Crippen LogP contribution in [-0.2, 0) is 32.7 Å². The Hall–Kier alpha value is -0.990. The van der Waals surface area contributed by atoms with Crippen LogP contribution >= 0.6 is 7.82 Å². The Bertz CT molecular complexity index is 713. The Morgan fingerprint density at radius 1 is 0.643 bits per heavy atom. The van der Waals surface area contributed by atoms with E-state index in [1.807, 2.05) is 28.1 Å². The normalized spacial score (nSPS) is 14.0. The van der Waals surface area contributed by atoms with Gasteiger partial charge in [-0.1, -0.05) is 117 Å². The van der Waals surface area contributed by atoms with Crippen LogP contribution in [-0.4, -0.2) is 74.9 Å². The van der Waals surface area contributed by atoms with Crippen molar-refractivity contribution in [1.29, 1.82) is 0 Å². The minimum Gasteiger partial charge on any atom is -0.462 e. The number of unbranched alkanes of at least 4 members (excludes halogenated alkanes) is 16. The molecule has 0 amide bonds. The van der Waals surface area contributed by atoms with Gasteiger partial charge in [0.15, 0.2) is 6.10 Å². The lowest BCUT2D eigenvalue weighted by molar-refractivity contribution is -0.870. The summed E-state index contributed by atoms with van der Waals surface area (Å²) in [7, 11) is 1.48. The number of carbonyl (C=O) groups excluding carboxylic acids is 2. The van der Waals surface area contributed by atoms with Crippen molar-refractivity contribution in [3.63, 3.8) is 0 Å². The average Bonchev–Trinajstić information content (AvgIpc) is 2.91. The molecule has 0 radical (unpaired) electrons. The van der Waals surface area contributed by atoms with Gasteiger partial charge in [0.2, 0.25) is 0 Å². The lowest BCUT2D eigenvalue weighted by Gasteiger charge is -2.24. The van der Waals surface area contributed by atoms with Crippen LogP contribution in [0.4, 0.5) is 0 Å². The first kappa shape index (κ1) is 41.0. The lowest BCUT2D eigenvalue weighted by atomic mass is 10.0. The molecule has 2 unspecified atom stereocenters. The molecule has 0 spiro atoms. The number of phosphoric acid groups is 1. The van der Waals surface area contributed by atoms with Gasteiger partial charge in [-0.15, -0.1) is 0 Å². The highest BCUT2D eigenvalue weighted by Gasteiger charge is 2.27. The fourth-order valence-corrected chi connectivity index (χ4v) is 5.20. The van der Waals surface area contributed by atoms with E-state index in [1.54, 1.807) is 0 Å². The van der Waals surface area contributed by atoms with Crippen LogP contribution < -0.4 is 0 Å². The first-order valence-electron chi connectivity index (χ1n) is 16.8. The van der Waals surface area contributed by atoms with Gasteiger partial charge in [-0.3, -0.25) is 18.6 Å². The molecule has 0 rings (SSSR count). The highest BCUT2D eigenvalue weighted by molar-refractivity contribution is 7.47. The van der Waals surface area contributed by atoms with Gasteiger partial charge in [-0.2, -0.15) is 0 Å². The molecule has 0 aromatic heterocycles. The van der Waals surface area contributed by atoms with Crippen molar-refractivity contribution >= 4 is 19.8 Å². The third-order valence-electron chi connectivity index (χ3n) is 7.11. The van der Waals surface area contributed by atoms with E-state index in [0.717, 1.165) is 12.8 Å². The van der Waals surface area contributed by atoms with Crippen molar-refractivity contribution in [2.75, 3.05) is 47.5 Å². The zero-order chi connectivity index (χ0) is 31.5. The Morgan fingerprint density at radius 2 is 1.12 bits per heavy atom. The molecule has 250 valence electrons. The Morgan fingerprint density at radius 3 is 1.57 bits per heavy atom. The number of quaternary nitrogens is 1. The van der Waals surface area contributed by atoms with Crippen molar-refractivity contribution in [2.45, 2.75) is 148 Å². The molecule has 0 saturated carbocycles. The molecule has 0 saturated heterocycles. The molecule has 9 nitrogen and oxygen atoms in total. The molecule has 1 N–H and O–H groups in total. The van der Waals surface area contributed by atoms with Crippen molar-refractivity contribution in [3.05, 3.63) is 0 Å². The fraction of sp³-hybridized carbons (Fsp3) is 0.938. The van der Waals surface area contributed by atoms with Crippen LogP contribution in [0, 0.1) is 0 Å². The second kappa shape index (κ2) is 26.4. The van der Waals surface area contributed by atoms with Crippen LogP contribution in [0.2, 0.25) is 0 Å². The molecule has 0 aliphatic rings. The van der Waals surface area contributed by atoms with E-state index in [2.05, 4.69) is 6.92 Å². The maximum absolute atomic E-state index is 12.4. The maximum Gasteiger partial charge on any atom is 0.472 e. The lowest BCUT2D eigenvalue weighted by Crippen LogP contribution is -2.37. The molecular formula is C32H65NO8P+. The third kappa shape index (κ3) is 29.1. The van der Waals surface area contributed by atoms with Gasteiger partial charge < -0.3 is 18.9 Å². The molecule has 42 heavy (non-hydrogen) atoms. The average molecular weight is 623 g/mol. The SMILES string of the molecule is CCCCCCCCCCCCCCCCCCCC(=O)OC(COC(=O)CCC)COP(=O)(O)OCC[N+](C)(C)C. The topological polar surface area (TPSA) is 108 Å². The number of rotatable bonds is 30. The number of ether oxygens (including phenoxy) is 2. The molecule has 0 fully saturated rings. The Kier molecular flexibility index (Phi) is 25.8. The summed E-state index contributed by atoms with van der Waals surface area (Å²) in [5.74, 6) is -0.854. The standard InChI is InChI=1S/C32H64NO8P/c1-6-8-9-10-11-12-13-14-15-16-17-18-19-20-21-22-23-25-32(35)41-30(28-38-31(34)24-7-2)29-40-42(36,37)39-27-26-33(3,4)5/h30H,6-29H2,1-5H3/p+1. The zero-order valence-corrected chi connectivity index (χ0v) is 28.6. The van der Waals surface area contributed by atoms with Gasteiger partial charge in [0.1, 0.15) is 19.8 Å². The molecule has 0 aliphatic heterocycles. The first-order valence-corrected chi connectivity index (χ1v) is 18.3. The minimum absolute atomic E-state index is 0.0343. The summed E-state index contributed by atoms with van der Waals surface area (Å²) in [5, 5.41) is 0. The largest absolute Gasteiger partial charge is 0.472 e. The minimum atomic E-state index is -4.33. The predicted molar refractivity (Wildman–Crippen MR) is 169 cm³/mol. The van der Waals surface area contributed by atoms with Crippen molar-refractivity contribution in [2.24, 2.45) is 0 Å². The summed E-state index contributed by atoms with van der Waals surface area (Å²) in [6.07, 6.45) is 21.7. The highest BCUT2D eigenvalue weighted by Crippen LogP contribution is 2.43. The van der Waals surface area contributed by atoms with Gasteiger partial charge in [0.05, 0.1) is 27.7 Å². The smallest absolute Gasteiger partial charge is 0.462 e. The Labute approximate surface area is 257 Å². The number of nitrogens with zero attached hydrogens (tertiary/aromatic N) is 1. The maximum atomic E-state index is 12.4. The molecule has 0 bridgehead atoms. The second-order valence-corrected chi connectivity index (χ2v) is 14.0. The number of phosphoric ester groups is 1. The van der Waals surface area contributed by atoms with Crippen LogP contribution in [0.3, 0.4) is 0 Å². The molecule has 0 aromatic carbocycles. The quantitative estimate of drug-likeness (QED) is 0.0370. The van der Waals surface area contributed by atoms with E-state index >= 15 is 0 Å².